The van der Waals surface area contributed by atoms with Crippen LogP contribution in [0.15, 0.2) is 41.1 Å². The number of hydrogen-bond acceptors (Lipinski definition) is 7. The molecule has 166 valence electrons. The second-order valence-electron chi connectivity index (χ2n) is 8.55. The van der Waals surface area contributed by atoms with E-state index in [0.717, 1.165) is 47.0 Å². The first-order chi connectivity index (χ1) is 15.5. The van der Waals surface area contributed by atoms with E-state index in [1.54, 1.807) is 7.11 Å². The smallest absolute Gasteiger partial charge is 0.251 e. The molecule has 8 heteroatoms. The normalized spacial score (nSPS) is 15.0. The van der Waals surface area contributed by atoms with Crippen molar-refractivity contribution in [1.82, 2.24) is 19.6 Å². The molecular formula is C24H26N4O4. The molecule has 0 radical (unpaired) electrons. The molecule has 4 aromatic rings. The third-order valence-corrected chi connectivity index (χ3v) is 5.77. The van der Waals surface area contributed by atoms with E-state index in [1.807, 2.05) is 48.8 Å². The summed E-state index contributed by atoms with van der Waals surface area (Å²) in [5.74, 6) is 2.55. The van der Waals surface area contributed by atoms with Gasteiger partial charge in [0.25, 0.3) is 5.89 Å². The number of methoxy groups -OCH3 is 1. The molecule has 0 amide bonds. The summed E-state index contributed by atoms with van der Waals surface area (Å²) in [7, 11) is 1.64. The van der Waals surface area contributed by atoms with Crippen LogP contribution in [0.4, 0.5) is 0 Å². The van der Waals surface area contributed by atoms with Gasteiger partial charge in [-0.3, -0.25) is 4.40 Å². The molecule has 1 aliphatic rings. The van der Waals surface area contributed by atoms with Crippen molar-refractivity contribution < 1.29 is 18.6 Å². The van der Waals surface area contributed by atoms with Crippen molar-refractivity contribution >= 4 is 5.65 Å². The Morgan fingerprint density at radius 1 is 1.19 bits per heavy atom. The third-order valence-electron chi connectivity index (χ3n) is 5.77. The average Bonchev–Trinajstić information content (AvgIpc) is 3.42. The number of benzene rings is 1. The van der Waals surface area contributed by atoms with Gasteiger partial charge in [0.1, 0.15) is 17.1 Å². The Kier molecular flexibility index (Phi) is 5.09. The molecule has 1 fully saturated rings. The summed E-state index contributed by atoms with van der Waals surface area (Å²) in [6, 6.07) is 7.97. The lowest BCUT2D eigenvalue weighted by Gasteiger charge is -2.37. The zero-order valence-corrected chi connectivity index (χ0v) is 18.7. The van der Waals surface area contributed by atoms with Gasteiger partial charge in [0.15, 0.2) is 0 Å². The van der Waals surface area contributed by atoms with E-state index in [9.17, 15) is 0 Å². The van der Waals surface area contributed by atoms with Crippen LogP contribution in [-0.4, -0.2) is 46.5 Å². The van der Waals surface area contributed by atoms with Gasteiger partial charge in [-0.15, -0.1) is 10.2 Å². The topological polar surface area (TPSA) is 83.9 Å². The van der Waals surface area contributed by atoms with Crippen LogP contribution in [0.5, 0.6) is 11.5 Å². The summed E-state index contributed by atoms with van der Waals surface area (Å²) in [6.45, 7) is 8.26. The first-order valence-electron chi connectivity index (χ1n) is 10.7. The summed E-state index contributed by atoms with van der Waals surface area (Å²) in [6.07, 6.45) is 4.52. The monoisotopic (exact) mass is 434 g/mol. The number of aromatic nitrogens is 4. The zero-order chi connectivity index (χ0) is 22.3. The molecule has 0 saturated carbocycles. The highest BCUT2D eigenvalue weighted by atomic mass is 16.5. The predicted octanol–water partition coefficient (Wildman–Crippen LogP) is 4.35. The molecule has 32 heavy (non-hydrogen) atoms. The summed E-state index contributed by atoms with van der Waals surface area (Å²) < 4.78 is 24.8. The molecule has 0 atom stereocenters. The Morgan fingerprint density at radius 2 is 2.03 bits per heavy atom. The van der Waals surface area contributed by atoms with Gasteiger partial charge in [0.2, 0.25) is 5.89 Å². The van der Waals surface area contributed by atoms with Gasteiger partial charge in [0, 0.05) is 29.7 Å². The van der Waals surface area contributed by atoms with Crippen molar-refractivity contribution in [1.29, 1.82) is 0 Å². The molecule has 0 bridgehead atoms. The first-order valence-corrected chi connectivity index (χ1v) is 10.7. The van der Waals surface area contributed by atoms with Crippen molar-refractivity contribution in [3.63, 3.8) is 0 Å². The summed E-state index contributed by atoms with van der Waals surface area (Å²) in [4.78, 5) is 4.59. The standard InChI is InChI=1S/C24H26N4O4/c1-5-21-26-27-23(32-21)22-15(2)8-16(9-19(22)29-4)18-11-25-20-10-17(6-7-28(18)20)31-14-24(3)12-30-13-24/h6-11H,5,12-14H2,1-4H3. The molecule has 0 N–H and O–H groups in total. The van der Waals surface area contributed by atoms with E-state index in [0.29, 0.717) is 30.6 Å². The van der Waals surface area contributed by atoms with Crippen LogP contribution in [0, 0.1) is 12.3 Å². The maximum absolute atomic E-state index is 5.99. The Bertz CT molecular complexity index is 1270. The maximum atomic E-state index is 5.99. The molecule has 8 nitrogen and oxygen atoms in total. The fraction of sp³-hybridized carbons (Fsp3) is 0.375. The van der Waals surface area contributed by atoms with Gasteiger partial charge < -0.3 is 18.6 Å². The highest BCUT2D eigenvalue weighted by molar-refractivity contribution is 5.75. The summed E-state index contributed by atoms with van der Waals surface area (Å²) in [5, 5.41) is 8.27. The van der Waals surface area contributed by atoms with E-state index < -0.39 is 0 Å². The summed E-state index contributed by atoms with van der Waals surface area (Å²) in [5.41, 5.74) is 4.65. The van der Waals surface area contributed by atoms with E-state index in [-0.39, 0.29) is 5.41 Å². The lowest BCUT2D eigenvalue weighted by molar-refractivity contribution is -0.120. The second-order valence-corrected chi connectivity index (χ2v) is 8.55. The zero-order valence-electron chi connectivity index (χ0n) is 18.7. The fourth-order valence-corrected chi connectivity index (χ4v) is 3.89. The minimum atomic E-state index is 0.0960. The minimum absolute atomic E-state index is 0.0960. The number of hydrogen-bond donors (Lipinski definition) is 0. The number of pyridine rings is 1. The highest BCUT2D eigenvalue weighted by Crippen LogP contribution is 2.37. The molecule has 1 aliphatic heterocycles. The van der Waals surface area contributed by atoms with Gasteiger partial charge in [-0.2, -0.15) is 0 Å². The van der Waals surface area contributed by atoms with E-state index >= 15 is 0 Å². The Morgan fingerprint density at radius 3 is 2.72 bits per heavy atom. The van der Waals surface area contributed by atoms with Gasteiger partial charge in [-0.25, -0.2) is 4.98 Å². The molecule has 3 aromatic heterocycles. The fourth-order valence-electron chi connectivity index (χ4n) is 3.89. The number of aryl methyl sites for hydroxylation is 2. The molecule has 0 aliphatic carbocycles. The minimum Gasteiger partial charge on any atom is -0.496 e. The number of nitrogens with zero attached hydrogens (tertiary/aromatic N) is 4. The SMILES string of the molecule is CCc1nnc(-c2c(C)cc(-c3cnc4cc(OCC5(C)COC5)ccn34)cc2OC)o1. The van der Waals surface area contributed by atoms with Crippen molar-refractivity contribution in [2.45, 2.75) is 27.2 Å². The van der Waals surface area contributed by atoms with Gasteiger partial charge in [0.05, 0.1) is 44.4 Å². The Hall–Kier alpha value is -3.39. The largest absolute Gasteiger partial charge is 0.496 e. The van der Waals surface area contributed by atoms with Crippen LogP contribution >= 0.6 is 0 Å². The molecule has 0 spiro atoms. The van der Waals surface area contributed by atoms with E-state index in [4.69, 9.17) is 18.6 Å². The van der Waals surface area contributed by atoms with Crippen LogP contribution in [0.25, 0.3) is 28.4 Å². The Labute approximate surface area is 186 Å². The molecular weight excluding hydrogens is 408 g/mol. The summed E-state index contributed by atoms with van der Waals surface area (Å²) >= 11 is 0. The molecule has 5 rings (SSSR count). The third kappa shape index (κ3) is 3.60. The number of rotatable bonds is 7. The lowest BCUT2D eigenvalue weighted by Crippen LogP contribution is -2.44. The van der Waals surface area contributed by atoms with Crippen LogP contribution < -0.4 is 9.47 Å². The van der Waals surface area contributed by atoms with Crippen LogP contribution in [-0.2, 0) is 11.2 Å². The number of ether oxygens (including phenoxy) is 3. The molecule has 1 aromatic carbocycles. The highest BCUT2D eigenvalue weighted by Gasteiger charge is 2.34. The van der Waals surface area contributed by atoms with Crippen LogP contribution in [0.1, 0.15) is 25.3 Å². The van der Waals surface area contributed by atoms with Crippen molar-refractivity contribution in [2.24, 2.45) is 5.41 Å². The van der Waals surface area contributed by atoms with Crippen molar-refractivity contribution in [3.05, 3.63) is 48.1 Å². The maximum Gasteiger partial charge on any atom is 0.251 e. The molecule has 4 heterocycles. The van der Waals surface area contributed by atoms with Crippen LogP contribution in [0.2, 0.25) is 0 Å². The quantitative estimate of drug-likeness (QED) is 0.428. The van der Waals surface area contributed by atoms with E-state index in [2.05, 4.69) is 28.2 Å². The molecule has 1 saturated heterocycles. The lowest BCUT2D eigenvalue weighted by atomic mass is 9.90. The molecule has 0 unspecified atom stereocenters. The average molecular weight is 434 g/mol. The predicted molar refractivity (Wildman–Crippen MR) is 119 cm³/mol. The van der Waals surface area contributed by atoms with Gasteiger partial charge in [-0.1, -0.05) is 13.8 Å². The Balaban J connectivity index is 1.47. The first kappa shape index (κ1) is 20.5. The van der Waals surface area contributed by atoms with Gasteiger partial charge >= 0.3 is 0 Å². The van der Waals surface area contributed by atoms with Crippen molar-refractivity contribution in [2.75, 3.05) is 26.9 Å². The number of imidazole rings is 1. The van der Waals surface area contributed by atoms with Gasteiger partial charge in [-0.05, 0) is 30.7 Å². The number of fused-ring (bicyclic) bond motifs is 1. The van der Waals surface area contributed by atoms with E-state index in [1.165, 1.54) is 0 Å². The van der Waals surface area contributed by atoms with Crippen LogP contribution in [0.3, 0.4) is 0 Å². The van der Waals surface area contributed by atoms with Crippen molar-refractivity contribution in [3.8, 4) is 34.2 Å². The second kappa shape index (κ2) is 7.94.